The van der Waals surface area contributed by atoms with Gasteiger partial charge in [-0.25, -0.2) is 0 Å². The minimum Gasteiger partial charge on any atom is -0.396 e. The van der Waals surface area contributed by atoms with E-state index in [9.17, 15) is 0 Å². The van der Waals surface area contributed by atoms with Crippen LogP contribution in [0.25, 0.3) is 0 Å². The lowest BCUT2D eigenvalue weighted by Crippen LogP contribution is -2.24. The van der Waals surface area contributed by atoms with E-state index < -0.39 is 0 Å². The molecule has 1 fully saturated rings. The Balaban J connectivity index is 1.90. The van der Waals surface area contributed by atoms with Crippen molar-refractivity contribution in [3.8, 4) is 0 Å². The Morgan fingerprint density at radius 2 is 2.12 bits per heavy atom. The first kappa shape index (κ1) is 12.8. The summed E-state index contributed by atoms with van der Waals surface area (Å²) in [7, 11) is 0. The Morgan fingerprint density at radius 1 is 1.29 bits per heavy atom. The summed E-state index contributed by atoms with van der Waals surface area (Å²) in [5.41, 5.74) is 2.55. The summed E-state index contributed by atoms with van der Waals surface area (Å²) in [6.45, 7) is 0.275. The number of aliphatic hydroxyl groups excluding tert-OH is 1. The molecule has 1 aromatic carbocycles. The molecule has 0 saturated carbocycles. The lowest BCUT2D eigenvalue weighted by atomic mass is 10.1. The van der Waals surface area contributed by atoms with Crippen LogP contribution in [0.5, 0.6) is 0 Å². The van der Waals surface area contributed by atoms with Gasteiger partial charge in [0, 0.05) is 18.3 Å². The molecule has 1 aliphatic rings. The summed E-state index contributed by atoms with van der Waals surface area (Å²) < 4.78 is 0. The summed E-state index contributed by atoms with van der Waals surface area (Å²) in [5.74, 6) is 2.56. The van der Waals surface area contributed by atoms with Crippen molar-refractivity contribution in [1.29, 1.82) is 0 Å². The third kappa shape index (κ3) is 4.25. The van der Waals surface area contributed by atoms with E-state index >= 15 is 0 Å². The van der Waals surface area contributed by atoms with E-state index in [2.05, 4.69) is 41.3 Å². The highest BCUT2D eigenvalue weighted by Crippen LogP contribution is 2.21. The molecule has 0 aliphatic carbocycles. The van der Waals surface area contributed by atoms with Crippen molar-refractivity contribution >= 4 is 17.4 Å². The van der Waals surface area contributed by atoms with Crippen molar-refractivity contribution in [2.75, 3.05) is 23.4 Å². The van der Waals surface area contributed by atoms with Crippen molar-refractivity contribution in [3.63, 3.8) is 0 Å². The molecule has 1 aromatic rings. The van der Waals surface area contributed by atoms with E-state index in [0.29, 0.717) is 6.04 Å². The maximum atomic E-state index is 8.84. The summed E-state index contributed by atoms with van der Waals surface area (Å²) in [5, 5.41) is 12.5. The Morgan fingerprint density at radius 3 is 2.88 bits per heavy atom. The molecule has 0 amide bonds. The van der Waals surface area contributed by atoms with Gasteiger partial charge in [0.25, 0.3) is 0 Å². The number of thioether (sulfide) groups is 1. The maximum Gasteiger partial charge on any atom is 0.0434 e. The van der Waals surface area contributed by atoms with Gasteiger partial charge < -0.3 is 10.4 Å². The van der Waals surface area contributed by atoms with Crippen molar-refractivity contribution in [1.82, 2.24) is 0 Å². The third-order valence-electron chi connectivity index (χ3n) is 3.14. The van der Waals surface area contributed by atoms with Crippen molar-refractivity contribution in [2.45, 2.75) is 31.7 Å². The average molecular weight is 251 g/mol. The molecule has 0 spiro atoms. The van der Waals surface area contributed by atoms with Crippen LogP contribution in [0.1, 0.15) is 24.8 Å². The minimum atomic E-state index is 0.275. The number of nitrogens with one attached hydrogen (secondary N) is 1. The van der Waals surface area contributed by atoms with Gasteiger partial charge in [0.15, 0.2) is 0 Å². The second-order valence-electron chi connectivity index (χ2n) is 4.56. The van der Waals surface area contributed by atoms with Crippen LogP contribution >= 0.6 is 11.8 Å². The van der Waals surface area contributed by atoms with Gasteiger partial charge in [-0.05, 0) is 54.9 Å². The summed E-state index contributed by atoms with van der Waals surface area (Å²) in [6.07, 6.45) is 4.35. The third-order valence-corrected chi connectivity index (χ3v) is 4.19. The van der Waals surface area contributed by atoms with Gasteiger partial charge >= 0.3 is 0 Å². The van der Waals surface area contributed by atoms with Crippen molar-refractivity contribution < 1.29 is 5.11 Å². The lowest BCUT2D eigenvalue weighted by Gasteiger charge is -2.23. The van der Waals surface area contributed by atoms with Gasteiger partial charge in [-0.3, -0.25) is 0 Å². The second-order valence-corrected chi connectivity index (χ2v) is 5.78. The number of hydrogen-bond donors (Lipinski definition) is 2. The largest absolute Gasteiger partial charge is 0.396 e. The summed E-state index contributed by atoms with van der Waals surface area (Å²) in [4.78, 5) is 0. The fourth-order valence-electron chi connectivity index (χ4n) is 2.18. The molecule has 94 valence electrons. The zero-order valence-corrected chi connectivity index (χ0v) is 11.0. The highest BCUT2D eigenvalue weighted by atomic mass is 32.2. The van der Waals surface area contributed by atoms with E-state index in [-0.39, 0.29) is 6.61 Å². The average Bonchev–Trinajstić information content (AvgIpc) is 2.38. The standard InChI is InChI=1S/C14H21NOS/c16-8-2-4-12-3-1-5-14(11-12)15-13-6-9-17-10-7-13/h1,3,5,11,13,15-16H,2,4,6-10H2. The van der Waals surface area contributed by atoms with Crippen molar-refractivity contribution in [2.24, 2.45) is 0 Å². The van der Waals surface area contributed by atoms with Crippen LogP contribution in [0.2, 0.25) is 0 Å². The predicted molar refractivity (Wildman–Crippen MR) is 75.8 cm³/mol. The number of aryl methyl sites for hydroxylation is 1. The quantitative estimate of drug-likeness (QED) is 0.844. The second kappa shape index (κ2) is 6.92. The Bertz CT molecular complexity index is 337. The number of anilines is 1. The lowest BCUT2D eigenvalue weighted by molar-refractivity contribution is 0.288. The van der Waals surface area contributed by atoms with Gasteiger partial charge in [0.05, 0.1) is 0 Å². The van der Waals surface area contributed by atoms with Crippen molar-refractivity contribution in [3.05, 3.63) is 29.8 Å². The molecule has 1 aliphatic heterocycles. The topological polar surface area (TPSA) is 32.3 Å². The van der Waals surface area contributed by atoms with Crippen LogP contribution in [0.3, 0.4) is 0 Å². The number of benzene rings is 1. The monoisotopic (exact) mass is 251 g/mol. The molecule has 0 aromatic heterocycles. The molecule has 0 bridgehead atoms. The Hall–Kier alpha value is -0.670. The normalized spacial score (nSPS) is 17.0. The Labute approximate surface area is 108 Å². The molecule has 17 heavy (non-hydrogen) atoms. The highest BCUT2D eigenvalue weighted by molar-refractivity contribution is 7.99. The summed E-state index contributed by atoms with van der Waals surface area (Å²) in [6, 6.07) is 9.25. The van der Waals surface area contributed by atoms with E-state index in [1.807, 2.05) is 0 Å². The van der Waals surface area contributed by atoms with Gasteiger partial charge in [-0.15, -0.1) is 0 Å². The zero-order chi connectivity index (χ0) is 11.9. The van der Waals surface area contributed by atoms with Gasteiger partial charge in [-0.2, -0.15) is 11.8 Å². The number of rotatable bonds is 5. The first-order valence-corrected chi connectivity index (χ1v) is 7.58. The van der Waals surface area contributed by atoms with Crippen LogP contribution in [-0.2, 0) is 6.42 Å². The maximum absolute atomic E-state index is 8.84. The van der Waals surface area contributed by atoms with Gasteiger partial charge in [-0.1, -0.05) is 12.1 Å². The van der Waals surface area contributed by atoms with E-state index in [0.717, 1.165) is 12.8 Å². The molecule has 0 atom stereocenters. The van der Waals surface area contributed by atoms with Crippen LogP contribution < -0.4 is 5.32 Å². The minimum absolute atomic E-state index is 0.275. The molecular weight excluding hydrogens is 230 g/mol. The SMILES string of the molecule is OCCCc1cccc(NC2CCSCC2)c1. The molecule has 2 nitrogen and oxygen atoms in total. The smallest absolute Gasteiger partial charge is 0.0434 e. The molecule has 1 saturated heterocycles. The zero-order valence-electron chi connectivity index (χ0n) is 10.2. The molecule has 1 heterocycles. The van der Waals surface area contributed by atoms with E-state index in [4.69, 9.17) is 5.11 Å². The molecular formula is C14H21NOS. The fourth-order valence-corrected chi connectivity index (χ4v) is 3.28. The fraction of sp³-hybridized carbons (Fsp3) is 0.571. The molecule has 2 N–H and O–H groups in total. The number of aliphatic hydroxyl groups is 1. The van der Waals surface area contributed by atoms with E-state index in [1.165, 1.54) is 35.6 Å². The first-order valence-electron chi connectivity index (χ1n) is 6.42. The predicted octanol–water partition coefficient (Wildman–Crippen LogP) is 2.92. The molecule has 3 heteroatoms. The van der Waals surface area contributed by atoms with Gasteiger partial charge in [0.2, 0.25) is 0 Å². The van der Waals surface area contributed by atoms with Gasteiger partial charge in [0.1, 0.15) is 0 Å². The molecule has 2 rings (SSSR count). The first-order chi connectivity index (χ1) is 8.38. The highest BCUT2D eigenvalue weighted by Gasteiger charge is 2.12. The van der Waals surface area contributed by atoms with Crippen LogP contribution in [0.15, 0.2) is 24.3 Å². The van der Waals surface area contributed by atoms with Crippen LogP contribution in [0, 0.1) is 0 Å². The van der Waals surface area contributed by atoms with E-state index in [1.54, 1.807) is 0 Å². The number of hydrogen-bond acceptors (Lipinski definition) is 3. The van der Waals surface area contributed by atoms with Crippen LogP contribution in [0.4, 0.5) is 5.69 Å². The molecule has 0 unspecified atom stereocenters. The Kier molecular flexibility index (Phi) is 5.20. The summed E-state index contributed by atoms with van der Waals surface area (Å²) >= 11 is 2.06. The molecule has 0 radical (unpaired) electrons. The van der Waals surface area contributed by atoms with Crippen LogP contribution in [-0.4, -0.2) is 29.3 Å².